The Balaban J connectivity index is 1.54. The van der Waals surface area contributed by atoms with Crippen LogP contribution in [0, 0.1) is 0 Å². The van der Waals surface area contributed by atoms with Gasteiger partial charge in [0.1, 0.15) is 6.61 Å². The lowest BCUT2D eigenvalue weighted by Gasteiger charge is -2.23. The number of halogens is 1. The van der Waals surface area contributed by atoms with E-state index in [1.807, 2.05) is 24.3 Å². The van der Waals surface area contributed by atoms with E-state index in [1.54, 1.807) is 48.7 Å². The monoisotopic (exact) mass is 540 g/mol. The van der Waals surface area contributed by atoms with Crippen LogP contribution in [0.15, 0.2) is 83.6 Å². The van der Waals surface area contributed by atoms with Gasteiger partial charge < -0.3 is 19.7 Å². The molecule has 182 valence electrons. The topological polar surface area (TPSA) is 101 Å². The van der Waals surface area contributed by atoms with Crippen LogP contribution in [0.25, 0.3) is 0 Å². The normalized spacial score (nSPS) is 10.2. The largest absolute Gasteiger partial charge is 0.452 e. The fraction of sp³-hybridized carbons (Fsp3) is 0.200. The number of alkyl carbamates (subject to hydrolysis) is 1. The first-order valence-corrected chi connectivity index (χ1v) is 11.6. The summed E-state index contributed by atoms with van der Waals surface area (Å²) in [6.07, 6.45) is 1.88. The van der Waals surface area contributed by atoms with Crippen molar-refractivity contribution in [2.24, 2.45) is 0 Å². The Hall–Kier alpha value is -3.92. The maximum absolute atomic E-state index is 13.1. The Morgan fingerprint density at radius 1 is 0.914 bits per heavy atom. The Kier molecular flexibility index (Phi) is 9.61. The highest BCUT2D eigenvalue weighted by Crippen LogP contribution is 2.18. The number of methoxy groups -OCH3 is 1. The minimum atomic E-state index is -0.660. The third-order valence-corrected chi connectivity index (χ3v) is 5.31. The minimum Gasteiger partial charge on any atom is -0.452 e. The first-order chi connectivity index (χ1) is 17.0. The summed E-state index contributed by atoms with van der Waals surface area (Å²) in [4.78, 5) is 44.4. The van der Waals surface area contributed by atoms with Crippen LogP contribution in [0.2, 0.25) is 0 Å². The second kappa shape index (κ2) is 13.1. The summed E-state index contributed by atoms with van der Waals surface area (Å²) >= 11 is 3.33. The van der Waals surface area contributed by atoms with Crippen LogP contribution in [0.4, 0.5) is 21.0 Å². The van der Waals surface area contributed by atoms with Crippen LogP contribution in [-0.2, 0) is 9.47 Å². The average Bonchev–Trinajstić information content (AvgIpc) is 2.89. The number of para-hydroxylation sites is 2. The van der Waals surface area contributed by atoms with Gasteiger partial charge in [0.15, 0.2) is 0 Å². The predicted molar refractivity (Wildman–Crippen MR) is 136 cm³/mol. The molecule has 10 heteroatoms. The van der Waals surface area contributed by atoms with Gasteiger partial charge >= 0.3 is 12.2 Å². The molecule has 35 heavy (non-hydrogen) atoms. The number of benzene rings is 2. The lowest BCUT2D eigenvalue weighted by molar-refractivity contribution is 0.0973. The second-order valence-corrected chi connectivity index (χ2v) is 8.12. The van der Waals surface area contributed by atoms with E-state index in [1.165, 1.54) is 23.1 Å². The summed E-state index contributed by atoms with van der Waals surface area (Å²) in [6, 6.07) is 19.8. The van der Waals surface area contributed by atoms with E-state index < -0.39 is 12.2 Å². The number of ether oxygens (including phenoxy) is 2. The van der Waals surface area contributed by atoms with Gasteiger partial charge in [-0.2, -0.15) is 0 Å². The van der Waals surface area contributed by atoms with E-state index in [2.05, 4.69) is 26.2 Å². The standard InChI is InChI=1S/C25H25BrN4O5/c1-34-25(33)30(22-10-6-3-7-11-22)13-12-28-24(32)35-15-14-29(21-8-4-2-5-9-21)23(31)19-16-20(26)18-27-17-19/h2-11,16-18H,12-15H2,1H3,(H,28,32). The molecule has 9 nitrogen and oxygen atoms in total. The smallest absolute Gasteiger partial charge is 0.414 e. The maximum atomic E-state index is 13.1. The summed E-state index contributed by atoms with van der Waals surface area (Å²) in [5.74, 6) is -0.273. The number of carbonyl (C=O) groups excluding carboxylic acids is 3. The van der Waals surface area contributed by atoms with Crippen LogP contribution >= 0.6 is 15.9 Å². The van der Waals surface area contributed by atoms with Crippen molar-refractivity contribution in [3.05, 3.63) is 89.2 Å². The SMILES string of the molecule is COC(=O)N(CCNC(=O)OCCN(C(=O)c1cncc(Br)c1)c1ccccc1)c1ccccc1. The Morgan fingerprint density at radius 2 is 1.54 bits per heavy atom. The molecule has 0 aliphatic carbocycles. The zero-order valence-corrected chi connectivity index (χ0v) is 20.7. The zero-order chi connectivity index (χ0) is 25.0. The number of nitrogens with one attached hydrogen (secondary N) is 1. The van der Waals surface area contributed by atoms with Crippen LogP contribution in [0.1, 0.15) is 10.4 Å². The summed E-state index contributed by atoms with van der Waals surface area (Å²) in [7, 11) is 1.30. The first-order valence-electron chi connectivity index (χ1n) is 10.8. The molecule has 0 fully saturated rings. The van der Waals surface area contributed by atoms with Crippen LogP contribution in [-0.4, -0.2) is 56.4 Å². The first kappa shape index (κ1) is 25.7. The lowest BCUT2D eigenvalue weighted by Crippen LogP contribution is -2.40. The van der Waals surface area contributed by atoms with Gasteiger partial charge in [-0.15, -0.1) is 0 Å². The molecule has 1 N–H and O–H groups in total. The highest BCUT2D eigenvalue weighted by molar-refractivity contribution is 9.10. The van der Waals surface area contributed by atoms with E-state index in [0.717, 1.165) is 0 Å². The third-order valence-electron chi connectivity index (χ3n) is 4.88. The molecule has 0 saturated heterocycles. The second-order valence-electron chi connectivity index (χ2n) is 7.20. The van der Waals surface area contributed by atoms with E-state index >= 15 is 0 Å². The van der Waals surface area contributed by atoms with Gasteiger partial charge in [0.05, 0.1) is 19.2 Å². The number of hydrogen-bond donors (Lipinski definition) is 1. The summed E-state index contributed by atoms with van der Waals surface area (Å²) < 4.78 is 10.8. The number of carbonyl (C=O) groups is 3. The molecule has 1 aromatic heterocycles. The van der Waals surface area contributed by atoms with Crippen molar-refractivity contribution in [1.82, 2.24) is 10.3 Å². The summed E-state index contributed by atoms with van der Waals surface area (Å²) in [5.41, 5.74) is 1.71. The highest BCUT2D eigenvalue weighted by atomic mass is 79.9. The van der Waals surface area contributed by atoms with Gasteiger partial charge in [0.25, 0.3) is 5.91 Å². The fourth-order valence-corrected chi connectivity index (χ4v) is 3.60. The molecule has 0 atom stereocenters. The predicted octanol–water partition coefficient (Wildman–Crippen LogP) is 4.49. The quantitative estimate of drug-likeness (QED) is 0.429. The Morgan fingerprint density at radius 3 is 2.14 bits per heavy atom. The molecule has 0 radical (unpaired) electrons. The average molecular weight is 541 g/mol. The van der Waals surface area contributed by atoms with Gasteiger partial charge in [-0.05, 0) is 46.3 Å². The molecule has 0 spiro atoms. The molecular formula is C25H25BrN4O5. The number of nitrogens with zero attached hydrogens (tertiary/aromatic N) is 3. The molecule has 2 aromatic carbocycles. The number of hydrogen-bond acceptors (Lipinski definition) is 6. The molecule has 0 unspecified atom stereocenters. The van der Waals surface area contributed by atoms with Crippen molar-refractivity contribution >= 4 is 45.4 Å². The van der Waals surface area contributed by atoms with Gasteiger partial charge in [0.2, 0.25) is 0 Å². The molecule has 0 bridgehead atoms. The summed E-state index contributed by atoms with van der Waals surface area (Å²) in [6.45, 7) is 0.443. The highest BCUT2D eigenvalue weighted by Gasteiger charge is 2.19. The van der Waals surface area contributed by atoms with Gasteiger partial charge in [-0.1, -0.05) is 36.4 Å². The molecular weight excluding hydrogens is 516 g/mol. The molecule has 3 amide bonds. The molecule has 3 aromatic rings. The molecule has 0 aliphatic heterocycles. The van der Waals surface area contributed by atoms with Gasteiger partial charge in [0, 0.05) is 41.3 Å². The number of pyridine rings is 1. The number of anilines is 2. The Labute approximate surface area is 211 Å². The maximum Gasteiger partial charge on any atom is 0.414 e. The van der Waals surface area contributed by atoms with Crippen LogP contribution < -0.4 is 15.1 Å². The molecule has 0 saturated carbocycles. The van der Waals surface area contributed by atoms with Crippen molar-refractivity contribution in [1.29, 1.82) is 0 Å². The minimum absolute atomic E-state index is 0.0344. The van der Waals surface area contributed by atoms with Gasteiger partial charge in [-0.3, -0.25) is 14.7 Å². The van der Waals surface area contributed by atoms with Gasteiger partial charge in [-0.25, -0.2) is 9.59 Å². The van der Waals surface area contributed by atoms with Crippen molar-refractivity contribution < 1.29 is 23.9 Å². The molecule has 0 aliphatic rings. The molecule has 1 heterocycles. The van der Waals surface area contributed by atoms with Crippen molar-refractivity contribution in [2.75, 3.05) is 43.2 Å². The van der Waals surface area contributed by atoms with Crippen molar-refractivity contribution in [2.45, 2.75) is 0 Å². The fourth-order valence-electron chi connectivity index (χ4n) is 3.23. The van der Waals surface area contributed by atoms with Crippen molar-refractivity contribution in [3.8, 4) is 0 Å². The van der Waals surface area contributed by atoms with Crippen LogP contribution in [0.3, 0.4) is 0 Å². The zero-order valence-electron chi connectivity index (χ0n) is 19.1. The molecule has 3 rings (SSSR count). The van der Waals surface area contributed by atoms with E-state index in [4.69, 9.17) is 9.47 Å². The number of aromatic nitrogens is 1. The lowest BCUT2D eigenvalue weighted by atomic mass is 10.2. The van der Waals surface area contributed by atoms with Crippen molar-refractivity contribution in [3.63, 3.8) is 0 Å². The third kappa shape index (κ3) is 7.54. The number of amides is 3. The van der Waals surface area contributed by atoms with E-state index in [-0.39, 0.29) is 32.1 Å². The van der Waals surface area contributed by atoms with Crippen LogP contribution in [0.5, 0.6) is 0 Å². The van der Waals surface area contributed by atoms with E-state index in [9.17, 15) is 14.4 Å². The Bertz CT molecular complexity index is 1130. The summed E-state index contributed by atoms with van der Waals surface area (Å²) in [5, 5.41) is 2.61. The van der Waals surface area contributed by atoms with E-state index in [0.29, 0.717) is 21.4 Å². The number of rotatable bonds is 9.